The number of esters is 1. The van der Waals surface area contributed by atoms with Gasteiger partial charge in [0.05, 0.1) is 18.4 Å². The van der Waals surface area contributed by atoms with Gasteiger partial charge in [0, 0.05) is 12.7 Å². The number of aromatic nitrogens is 2. The fraction of sp³-hybridized carbons (Fsp3) is 0.333. The number of hydrogen-bond acceptors (Lipinski definition) is 6. The summed E-state index contributed by atoms with van der Waals surface area (Å²) in [5, 5.41) is 5.88. The van der Waals surface area contributed by atoms with Crippen LogP contribution in [0.15, 0.2) is 48.2 Å². The first-order valence-corrected chi connectivity index (χ1v) is 9.41. The molecule has 0 saturated heterocycles. The molecule has 1 amide bonds. The van der Waals surface area contributed by atoms with Crippen molar-refractivity contribution in [2.75, 3.05) is 19.0 Å². The molecule has 0 aliphatic heterocycles. The first kappa shape index (κ1) is 19.5. The van der Waals surface area contributed by atoms with Gasteiger partial charge in [-0.05, 0) is 50.3 Å². The molecule has 0 bridgehead atoms. The van der Waals surface area contributed by atoms with E-state index in [4.69, 9.17) is 4.74 Å². The Hall–Kier alpha value is -3.22. The van der Waals surface area contributed by atoms with Crippen LogP contribution in [0.3, 0.4) is 0 Å². The zero-order valence-electron chi connectivity index (χ0n) is 15.9. The second kappa shape index (κ2) is 9.64. The van der Waals surface area contributed by atoms with Gasteiger partial charge in [-0.2, -0.15) is 0 Å². The Balaban J connectivity index is 1.63. The van der Waals surface area contributed by atoms with Crippen LogP contribution < -0.4 is 10.6 Å². The van der Waals surface area contributed by atoms with Gasteiger partial charge in [-0.25, -0.2) is 14.8 Å². The number of methoxy groups -OCH3 is 1. The molecule has 7 heteroatoms. The number of nitrogens with one attached hydrogen (secondary N) is 2. The number of amides is 1. The van der Waals surface area contributed by atoms with E-state index in [-0.39, 0.29) is 17.5 Å². The van der Waals surface area contributed by atoms with Gasteiger partial charge < -0.3 is 15.4 Å². The maximum Gasteiger partial charge on any atom is 0.339 e. The molecule has 0 radical (unpaired) electrons. The second-order valence-corrected chi connectivity index (χ2v) is 6.54. The van der Waals surface area contributed by atoms with E-state index < -0.39 is 5.97 Å². The maximum absolute atomic E-state index is 12.4. The summed E-state index contributed by atoms with van der Waals surface area (Å²) in [4.78, 5) is 32.7. The average molecular weight is 380 g/mol. The van der Waals surface area contributed by atoms with Crippen LogP contribution in [0.4, 0.5) is 11.6 Å². The summed E-state index contributed by atoms with van der Waals surface area (Å²) in [6.07, 6.45) is 9.40. The van der Waals surface area contributed by atoms with Crippen LogP contribution in [0.2, 0.25) is 0 Å². The number of carbonyl (C=O) groups excluding carboxylic acids is 2. The normalized spacial score (nSPS) is 13.4. The van der Waals surface area contributed by atoms with Crippen LogP contribution in [0.5, 0.6) is 0 Å². The molecule has 1 aromatic heterocycles. The predicted molar refractivity (Wildman–Crippen MR) is 107 cm³/mol. The Morgan fingerprint density at radius 3 is 2.82 bits per heavy atom. The third kappa shape index (κ3) is 5.16. The van der Waals surface area contributed by atoms with Gasteiger partial charge in [-0.1, -0.05) is 23.8 Å². The molecule has 0 spiro atoms. The van der Waals surface area contributed by atoms with Gasteiger partial charge in [0.25, 0.3) is 5.91 Å². The van der Waals surface area contributed by atoms with Gasteiger partial charge in [0.15, 0.2) is 0 Å². The van der Waals surface area contributed by atoms with Crippen LogP contribution in [0.1, 0.15) is 53.0 Å². The summed E-state index contributed by atoms with van der Waals surface area (Å²) in [6, 6.07) is 8.45. The van der Waals surface area contributed by atoms with Crippen molar-refractivity contribution in [3.05, 3.63) is 59.4 Å². The van der Waals surface area contributed by atoms with Gasteiger partial charge in [0.1, 0.15) is 5.69 Å². The Kier molecular flexibility index (Phi) is 6.73. The molecule has 7 nitrogen and oxygen atoms in total. The number of rotatable bonds is 7. The summed E-state index contributed by atoms with van der Waals surface area (Å²) < 4.78 is 4.78. The molecule has 146 valence electrons. The molecule has 2 N–H and O–H groups in total. The third-order valence-electron chi connectivity index (χ3n) is 4.58. The summed E-state index contributed by atoms with van der Waals surface area (Å²) in [5.74, 6) is -0.476. The first-order valence-electron chi connectivity index (χ1n) is 9.41. The monoisotopic (exact) mass is 380 g/mol. The van der Waals surface area contributed by atoms with Gasteiger partial charge in [0.2, 0.25) is 5.95 Å². The molecular weight excluding hydrogens is 356 g/mol. The Labute approximate surface area is 164 Å². The van der Waals surface area contributed by atoms with Crippen LogP contribution in [0.25, 0.3) is 0 Å². The lowest BCUT2D eigenvalue weighted by atomic mass is 9.97. The minimum Gasteiger partial charge on any atom is -0.465 e. The highest BCUT2D eigenvalue weighted by Gasteiger charge is 2.14. The number of allylic oxidation sites excluding steroid dienone is 1. The standard InChI is InChI=1S/C21H24N4O3/c1-28-20(27)16-9-5-6-10-17(16)24-21-23-14-12-18(25-21)19(26)22-13-11-15-7-3-2-4-8-15/h5-7,9-10,12,14H,2-4,8,11,13H2,1H3,(H,22,26)(H,23,24,25). The quantitative estimate of drug-likeness (QED) is 0.563. The predicted octanol–water partition coefficient (Wildman–Crippen LogP) is 3.63. The van der Waals surface area contributed by atoms with Crippen molar-refractivity contribution in [3.63, 3.8) is 0 Å². The van der Waals surface area contributed by atoms with Crippen molar-refractivity contribution in [1.82, 2.24) is 15.3 Å². The van der Waals surface area contributed by atoms with E-state index in [0.29, 0.717) is 17.8 Å². The Morgan fingerprint density at radius 1 is 1.18 bits per heavy atom. The molecule has 0 saturated carbocycles. The van der Waals surface area contributed by atoms with Gasteiger partial charge >= 0.3 is 5.97 Å². The van der Waals surface area contributed by atoms with Crippen molar-refractivity contribution < 1.29 is 14.3 Å². The van der Waals surface area contributed by atoms with E-state index in [1.54, 1.807) is 30.3 Å². The van der Waals surface area contributed by atoms with Crippen molar-refractivity contribution in [1.29, 1.82) is 0 Å². The molecule has 1 aliphatic carbocycles. The van der Waals surface area contributed by atoms with Crippen LogP contribution in [-0.4, -0.2) is 35.5 Å². The molecule has 1 aromatic carbocycles. The molecule has 0 unspecified atom stereocenters. The lowest BCUT2D eigenvalue weighted by Crippen LogP contribution is -2.26. The SMILES string of the molecule is COC(=O)c1ccccc1Nc1nccc(C(=O)NCCC2=CCCCC2)n1. The van der Waals surface area contributed by atoms with Crippen molar-refractivity contribution in [3.8, 4) is 0 Å². The molecule has 0 atom stereocenters. The van der Waals surface area contributed by atoms with Gasteiger partial charge in [-0.15, -0.1) is 0 Å². The minimum atomic E-state index is -0.464. The van der Waals surface area contributed by atoms with Crippen LogP contribution in [-0.2, 0) is 4.74 Å². The van der Waals surface area contributed by atoms with E-state index in [1.807, 2.05) is 0 Å². The number of ether oxygens (including phenoxy) is 1. The smallest absolute Gasteiger partial charge is 0.339 e. The molecular formula is C21H24N4O3. The number of benzene rings is 1. The van der Waals surface area contributed by atoms with E-state index in [0.717, 1.165) is 19.3 Å². The fourth-order valence-electron chi connectivity index (χ4n) is 3.10. The number of nitrogens with zero attached hydrogens (tertiary/aromatic N) is 2. The minimum absolute atomic E-state index is 0.235. The lowest BCUT2D eigenvalue weighted by Gasteiger charge is -2.13. The summed E-state index contributed by atoms with van der Waals surface area (Å²) in [6.45, 7) is 0.586. The first-order chi connectivity index (χ1) is 13.7. The zero-order valence-corrected chi connectivity index (χ0v) is 15.9. The molecule has 28 heavy (non-hydrogen) atoms. The summed E-state index contributed by atoms with van der Waals surface area (Å²) >= 11 is 0. The summed E-state index contributed by atoms with van der Waals surface area (Å²) in [7, 11) is 1.32. The highest BCUT2D eigenvalue weighted by Crippen LogP contribution is 2.20. The van der Waals surface area contributed by atoms with E-state index >= 15 is 0 Å². The second-order valence-electron chi connectivity index (χ2n) is 6.54. The third-order valence-corrected chi connectivity index (χ3v) is 4.58. The number of para-hydroxylation sites is 1. The molecule has 1 aliphatic rings. The molecule has 2 aromatic rings. The molecule has 0 fully saturated rings. The number of hydrogen-bond donors (Lipinski definition) is 2. The molecule has 3 rings (SSSR count). The van der Waals surface area contributed by atoms with Crippen LogP contribution >= 0.6 is 0 Å². The van der Waals surface area contributed by atoms with Crippen molar-refractivity contribution in [2.45, 2.75) is 32.1 Å². The zero-order chi connectivity index (χ0) is 19.8. The van der Waals surface area contributed by atoms with Gasteiger partial charge in [-0.3, -0.25) is 4.79 Å². The number of carbonyl (C=O) groups is 2. The van der Waals surface area contributed by atoms with E-state index in [9.17, 15) is 9.59 Å². The topological polar surface area (TPSA) is 93.2 Å². The van der Waals surface area contributed by atoms with E-state index in [1.165, 1.54) is 31.7 Å². The maximum atomic E-state index is 12.4. The molecule has 1 heterocycles. The van der Waals surface area contributed by atoms with E-state index in [2.05, 4.69) is 26.7 Å². The Bertz CT molecular complexity index is 879. The average Bonchev–Trinajstić information content (AvgIpc) is 2.74. The van der Waals surface area contributed by atoms with Crippen molar-refractivity contribution >= 4 is 23.5 Å². The highest BCUT2D eigenvalue weighted by atomic mass is 16.5. The number of anilines is 2. The highest BCUT2D eigenvalue weighted by molar-refractivity contribution is 5.96. The van der Waals surface area contributed by atoms with Crippen LogP contribution in [0, 0.1) is 0 Å². The van der Waals surface area contributed by atoms with Crippen molar-refractivity contribution in [2.24, 2.45) is 0 Å². The fourth-order valence-corrected chi connectivity index (χ4v) is 3.10. The largest absolute Gasteiger partial charge is 0.465 e. The Morgan fingerprint density at radius 2 is 2.04 bits per heavy atom. The summed E-state index contributed by atoms with van der Waals surface area (Å²) in [5.41, 5.74) is 2.56. The lowest BCUT2D eigenvalue weighted by molar-refractivity contribution is 0.0601.